The molecule has 0 amide bonds. The smallest absolute Gasteiger partial charge is 0.170 e. The number of aliphatic hydroxyl groups is 1. The normalized spacial score (nSPS) is 19.4. The van der Waals surface area contributed by atoms with E-state index in [1.165, 1.54) is 12.0 Å². The molecule has 7 rings (SSSR count). The van der Waals surface area contributed by atoms with E-state index >= 15 is 0 Å². The maximum absolute atomic E-state index is 9.64. The van der Waals surface area contributed by atoms with Crippen molar-refractivity contribution in [1.29, 1.82) is 0 Å². The van der Waals surface area contributed by atoms with Crippen molar-refractivity contribution < 1.29 is 5.11 Å². The number of aliphatic hydroxyl groups excluding tert-OH is 1. The monoisotopic (exact) mass is 518 g/mol. The van der Waals surface area contributed by atoms with Gasteiger partial charge in [-0.3, -0.25) is 9.30 Å². The van der Waals surface area contributed by atoms with Crippen molar-refractivity contribution in [2.75, 3.05) is 19.7 Å². The number of hydrogen-bond donors (Lipinski definition) is 2. The van der Waals surface area contributed by atoms with Crippen molar-refractivity contribution in [1.82, 2.24) is 24.5 Å². The van der Waals surface area contributed by atoms with Crippen LogP contribution in [0.2, 0.25) is 0 Å². The number of pyridine rings is 2. The zero-order valence-corrected chi connectivity index (χ0v) is 22.1. The van der Waals surface area contributed by atoms with E-state index in [0.29, 0.717) is 5.92 Å². The molecule has 39 heavy (non-hydrogen) atoms. The highest BCUT2D eigenvalue weighted by Crippen LogP contribution is 2.40. The first kappa shape index (κ1) is 24.4. The van der Waals surface area contributed by atoms with Crippen LogP contribution in [0.4, 0.5) is 0 Å². The first-order valence-electron chi connectivity index (χ1n) is 14.1. The van der Waals surface area contributed by atoms with E-state index < -0.39 is 0 Å². The molecule has 1 aliphatic carbocycles. The lowest BCUT2D eigenvalue weighted by Gasteiger charge is -2.38. The van der Waals surface area contributed by atoms with Crippen molar-refractivity contribution in [3.05, 3.63) is 84.3 Å². The van der Waals surface area contributed by atoms with Crippen LogP contribution in [0.15, 0.2) is 72.9 Å². The van der Waals surface area contributed by atoms with Gasteiger partial charge in [0.25, 0.3) is 0 Å². The standard InChI is InChI=1S/C32H34N6O/c33-32(14-5-15-32)25-11-9-24(10-12-25)30-26(23-7-2-1-3-8-23)18-27-28(34-30)13-17-38-29(35-36-31(27)38)20-37-16-4-6-22(19-37)21-39/h1-3,7-13,17-18,22,39H,4-6,14-16,19-21,33H2. The number of nitrogens with two attached hydrogens (primary N) is 1. The van der Waals surface area contributed by atoms with Gasteiger partial charge >= 0.3 is 0 Å². The summed E-state index contributed by atoms with van der Waals surface area (Å²) in [4.78, 5) is 7.57. The molecule has 4 heterocycles. The van der Waals surface area contributed by atoms with Crippen molar-refractivity contribution in [2.24, 2.45) is 11.7 Å². The predicted octanol–water partition coefficient (Wildman–Crippen LogP) is 5.15. The fourth-order valence-corrected chi connectivity index (χ4v) is 6.26. The summed E-state index contributed by atoms with van der Waals surface area (Å²) in [5.74, 6) is 1.26. The Hall–Kier alpha value is -3.65. The van der Waals surface area contributed by atoms with E-state index in [4.69, 9.17) is 10.7 Å². The molecule has 3 aromatic heterocycles. The summed E-state index contributed by atoms with van der Waals surface area (Å²) in [6, 6.07) is 23.4. The molecule has 1 unspecified atom stereocenters. The molecule has 2 aliphatic rings. The summed E-state index contributed by atoms with van der Waals surface area (Å²) in [5.41, 5.74) is 13.5. The second-order valence-electron chi connectivity index (χ2n) is 11.3. The SMILES string of the molecule is NC1(c2ccc(-c3nc4ccn5c(CN6CCCC(CO)C6)nnc5c4cc3-c3ccccc3)cc2)CCC1. The van der Waals surface area contributed by atoms with E-state index in [9.17, 15) is 5.11 Å². The van der Waals surface area contributed by atoms with Crippen LogP contribution in [0, 0.1) is 5.92 Å². The predicted molar refractivity (Wildman–Crippen MR) is 154 cm³/mol. The Morgan fingerprint density at radius 1 is 0.949 bits per heavy atom. The lowest BCUT2D eigenvalue weighted by Crippen LogP contribution is -2.43. The summed E-state index contributed by atoms with van der Waals surface area (Å²) in [6.45, 7) is 2.88. The van der Waals surface area contributed by atoms with Gasteiger partial charge in [-0.2, -0.15) is 0 Å². The summed E-state index contributed by atoms with van der Waals surface area (Å²) in [6.07, 6.45) is 7.52. The molecule has 1 aliphatic heterocycles. The van der Waals surface area contributed by atoms with Gasteiger partial charge in [0.05, 0.1) is 17.8 Å². The molecule has 1 saturated heterocycles. The van der Waals surface area contributed by atoms with Crippen molar-refractivity contribution in [3.63, 3.8) is 0 Å². The number of nitrogens with zero attached hydrogens (tertiary/aromatic N) is 5. The fourth-order valence-electron chi connectivity index (χ4n) is 6.26. The van der Waals surface area contributed by atoms with Crippen LogP contribution in [0.25, 0.3) is 38.9 Å². The Bertz CT molecular complexity index is 1620. The minimum atomic E-state index is -0.179. The molecule has 0 spiro atoms. The fraction of sp³-hybridized carbons (Fsp3) is 0.344. The summed E-state index contributed by atoms with van der Waals surface area (Å²) in [5, 5.41) is 19.8. The van der Waals surface area contributed by atoms with Crippen LogP contribution < -0.4 is 5.73 Å². The second-order valence-corrected chi connectivity index (χ2v) is 11.3. The molecule has 7 heteroatoms. The average molecular weight is 519 g/mol. The van der Waals surface area contributed by atoms with Crippen molar-refractivity contribution in [3.8, 4) is 22.4 Å². The quantitative estimate of drug-likeness (QED) is 0.323. The highest BCUT2D eigenvalue weighted by atomic mass is 16.3. The van der Waals surface area contributed by atoms with E-state index in [1.54, 1.807) is 0 Å². The van der Waals surface area contributed by atoms with Crippen LogP contribution in [0.5, 0.6) is 0 Å². The highest BCUT2D eigenvalue weighted by Gasteiger charge is 2.34. The number of benzene rings is 2. The minimum Gasteiger partial charge on any atom is -0.396 e. The van der Waals surface area contributed by atoms with Gasteiger partial charge in [0.1, 0.15) is 0 Å². The molecular weight excluding hydrogens is 484 g/mol. The van der Waals surface area contributed by atoms with Gasteiger partial charge in [-0.25, -0.2) is 4.98 Å². The molecule has 2 fully saturated rings. The first-order chi connectivity index (χ1) is 19.1. The van der Waals surface area contributed by atoms with E-state index in [-0.39, 0.29) is 12.1 Å². The number of hydrogen-bond acceptors (Lipinski definition) is 6. The van der Waals surface area contributed by atoms with Gasteiger partial charge in [0, 0.05) is 41.4 Å². The summed E-state index contributed by atoms with van der Waals surface area (Å²) in [7, 11) is 0. The Kier molecular flexibility index (Phi) is 6.15. The van der Waals surface area contributed by atoms with Crippen LogP contribution in [-0.4, -0.2) is 49.3 Å². The Morgan fingerprint density at radius 2 is 1.77 bits per heavy atom. The topological polar surface area (TPSA) is 92.6 Å². The summed E-state index contributed by atoms with van der Waals surface area (Å²) >= 11 is 0. The van der Waals surface area contributed by atoms with Gasteiger partial charge < -0.3 is 10.8 Å². The molecule has 7 nitrogen and oxygen atoms in total. The number of piperidine rings is 1. The summed E-state index contributed by atoms with van der Waals surface area (Å²) < 4.78 is 2.09. The lowest BCUT2D eigenvalue weighted by molar-refractivity contribution is 0.113. The average Bonchev–Trinajstić information content (AvgIpc) is 3.38. The number of aromatic nitrogens is 4. The molecule has 0 radical (unpaired) electrons. The van der Waals surface area contributed by atoms with E-state index in [2.05, 4.69) is 80.2 Å². The third-order valence-corrected chi connectivity index (χ3v) is 8.73. The van der Waals surface area contributed by atoms with Crippen LogP contribution >= 0.6 is 0 Å². The van der Waals surface area contributed by atoms with Crippen molar-refractivity contribution >= 4 is 16.6 Å². The Labute approximate surface area is 228 Å². The van der Waals surface area contributed by atoms with Gasteiger partial charge in [0.15, 0.2) is 11.5 Å². The highest BCUT2D eigenvalue weighted by molar-refractivity contribution is 5.98. The van der Waals surface area contributed by atoms with Gasteiger partial charge in [-0.15, -0.1) is 10.2 Å². The minimum absolute atomic E-state index is 0.179. The second kappa shape index (κ2) is 9.83. The maximum Gasteiger partial charge on any atom is 0.170 e. The molecular formula is C32H34N6O. The zero-order chi connectivity index (χ0) is 26.4. The van der Waals surface area contributed by atoms with Crippen LogP contribution in [-0.2, 0) is 12.1 Å². The largest absolute Gasteiger partial charge is 0.396 e. The van der Waals surface area contributed by atoms with Gasteiger partial charge in [-0.05, 0) is 67.8 Å². The van der Waals surface area contributed by atoms with E-state index in [0.717, 1.165) is 90.1 Å². The molecule has 2 aromatic carbocycles. The van der Waals surface area contributed by atoms with Gasteiger partial charge in [0.2, 0.25) is 0 Å². The van der Waals surface area contributed by atoms with Crippen LogP contribution in [0.3, 0.4) is 0 Å². The molecule has 1 atom stereocenters. The van der Waals surface area contributed by atoms with Crippen molar-refractivity contribution in [2.45, 2.75) is 44.2 Å². The Balaban J connectivity index is 1.31. The lowest BCUT2D eigenvalue weighted by atomic mass is 9.72. The Morgan fingerprint density at radius 3 is 2.51 bits per heavy atom. The number of rotatable bonds is 6. The number of likely N-dealkylation sites (tertiary alicyclic amines) is 1. The third-order valence-electron chi connectivity index (χ3n) is 8.73. The molecule has 198 valence electrons. The van der Waals surface area contributed by atoms with Crippen LogP contribution in [0.1, 0.15) is 43.5 Å². The zero-order valence-electron chi connectivity index (χ0n) is 22.1. The molecule has 0 bridgehead atoms. The number of fused-ring (bicyclic) bond motifs is 3. The molecule has 3 N–H and O–H groups in total. The molecule has 1 saturated carbocycles. The first-order valence-corrected chi connectivity index (χ1v) is 14.1. The van der Waals surface area contributed by atoms with E-state index in [1.807, 2.05) is 12.3 Å². The molecule has 5 aromatic rings. The third kappa shape index (κ3) is 4.40. The maximum atomic E-state index is 9.64. The van der Waals surface area contributed by atoms with Gasteiger partial charge in [-0.1, -0.05) is 54.6 Å².